The molecule has 2 heterocycles. The van der Waals surface area contributed by atoms with Crippen molar-refractivity contribution in [2.75, 3.05) is 5.32 Å². The van der Waals surface area contributed by atoms with E-state index in [0.29, 0.717) is 22.3 Å². The molecule has 0 aliphatic carbocycles. The fourth-order valence-electron chi connectivity index (χ4n) is 4.21. The Kier molecular flexibility index (Phi) is 7.13. The van der Waals surface area contributed by atoms with Crippen LogP contribution in [-0.4, -0.2) is 33.0 Å². The van der Waals surface area contributed by atoms with Gasteiger partial charge in [0.25, 0.3) is 5.91 Å². The summed E-state index contributed by atoms with van der Waals surface area (Å²) in [6, 6.07) is 19.4. The minimum atomic E-state index is -0.653. The summed E-state index contributed by atoms with van der Waals surface area (Å²) in [7, 11) is 0. The number of benzene rings is 3. The molecule has 9 heteroatoms. The van der Waals surface area contributed by atoms with Crippen LogP contribution in [0.2, 0.25) is 5.02 Å². The molecule has 3 aromatic carbocycles. The first-order valence-electron chi connectivity index (χ1n) is 11.8. The van der Waals surface area contributed by atoms with Crippen molar-refractivity contribution in [1.82, 2.24) is 5.01 Å². The van der Waals surface area contributed by atoms with Gasteiger partial charge in [-0.15, -0.1) is 0 Å². The zero-order valence-electron chi connectivity index (χ0n) is 20.2. The Hall–Kier alpha value is -3.49. The van der Waals surface area contributed by atoms with E-state index in [1.807, 2.05) is 44.2 Å². The number of hydrogen-bond donors (Lipinski definition) is 1. The molecule has 2 aliphatic heterocycles. The van der Waals surface area contributed by atoms with E-state index in [2.05, 4.69) is 10.3 Å². The molecule has 0 aromatic heterocycles. The fourth-order valence-corrected chi connectivity index (χ4v) is 5.45. The number of amides is 2. The van der Waals surface area contributed by atoms with Crippen LogP contribution in [0.15, 0.2) is 76.8 Å². The summed E-state index contributed by atoms with van der Waals surface area (Å²) in [6.07, 6.45) is 0.543. The van der Waals surface area contributed by atoms with E-state index in [0.717, 1.165) is 28.0 Å². The van der Waals surface area contributed by atoms with Crippen molar-refractivity contribution in [2.45, 2.75) is 38.0 Å². The van der Waals surface area contributed by atoms with Gasteiger partial charge in [0.2, 0.25) is 5.91 Å². The Balaban J connectivity index is 1.34. The lowest BCUT2D eigenvalue weighted by Gasteiger charge is -2.23. The molecular formula is C28H24ClFN4O2S. The van der Waals surface area contributed by atoms with Crippen LogP contribution in [0, 0.1) is 19.7 Å². The van der Waals surface area contributed by atoms with Gasteiger partial charge >= 0.3 is 0 Å². The van der Waals surface area contributed by atoms with Crippen LogP contribution in [0.25, 0.3) is 0 Å². The first-order valence-corrected chi connectivity index (χ1v) is 13.1. The lowest BCUT2D eigenvalue weighted by Crippen LogP contribution is -2.25. The maximum atomic E-state index is 13.5. The van der Waals surface area contributed by atoms with Gasteiger partial charge in [0.15, 0.2) is 5.17 Å². The zero-order chi connectivity index (χ0) is 26.1. The number of amidine groups is 1. The van der Waals surface area contributed by atoms with Crippen LogP contribution in [0.1, 0.15) is 41.1 Å². The molecule has 2 atom stereocenters. The number of nitrogens with one attached hydrogen (secondary N) is 1. The molecule has 2 amide bonds. The summed E-state index contributed by atoms with van der Waals surface area (Å²) in [5, 5.41) is 9.70. The van der Waals surface area contributed by atoms with Gasteiger partial charge in [0.05, 0.1) is 11.8 Å². The zero-order valence-corrected chi connectivity index (χ0v) is 21.8. The molecule has 0 spiro atoms. The molecule has 0 fully saturated rings. The average Bonchev–Trinajstić information content (AvgIpc) is 3.46. The van der Waals surface area contributed by atoms with Crippen LogP contribution >= 0.6 is 23.4 Å². The Morgan fingerprint density at radius 3 is 2.54 bits per heavy atom. The number of carbonyl (C=O) groups is 2. The molecule has 188 valence electrons. The molecule has 3 aromatic rings. The predicted molar refractivity (Wildman–Crippen MR) is 147 cm³/mol. The van der Waals surface area contributed by atoms with Crippen molar-refractivity contribution in [1.29, 1.82) is 0 Å². The minimum absolute atomic E-state index is 0.0282. The quantitative estimate of drug-likeness (QED) is 0.418. The Morgan fingerprint density at radius 2 is 1.84 bits per heavy atom. The predicted octanol–water partition coefficient (Wildman–Crippen LogP) is 6.27. The molecule has 37 heavy (non-hydrogen) atoms. The third kappa shape index (κ3) is 5.60. The number of rotatable bonds is 5. The molecule has 2 aliphatic rings. The first kappa shape index (κ1) is 25.2. The van der Waals surface area contributed by atoms with Gasteiger partial charge in [0.1, 0.15) is 11.1 Å². The highest BCUT2D eigenvalue weighted by Gasteiger charge is 2.39. The molecule has 0 saturated carbocycles. The molecular weight excluding hydrogens is 511 g/mol. The Labute approximate surface area is 223 Å². The maximum Gasteiger partial charge on any atom is 0.262 e. The first-order chi connectivity index (χ1) is 17.8. The fraction of sp³-hybridized carbons (Fsp3) is 0.214. The van der Waals surface area contributed by atoms with Crippen LogP contribution in [0.4, 0.5) is 10.1 Å². The van der Waals surface area contributed by atoms with E-state index in [-0.39, 0.29) is 30.1 Å². The van der Waals surface area contributed by atoms with E-state index >= 15 is 0 Å². The van der Waals surface area contributed by atoms with Gasteiger partial charge in [-0.05, 0) is 54.8 Å². The number of carbonyl (C=O) groups excluding carboxylic acids is 2. The van der Waals surface area contributed by atoms with Crippen molar-refractivity contribution in [3.05, 3.63) is 99.8 Å². The van der Waals surface area contributed by atoms with Crippen molar-refractivity contribution < 1.29 is 14.0 Å². The highest BCUT2D eigenvalue weighted by molar-refractivity contribution is 8.15. The SMILES string of the molecule is Cc1ccc([C@@H]2CC(c3ccc(F)cc3)=NN2C2=NC(=O)[C@H](CC(=O)Nc3ccc(C)c(Cl)c3)S2)cc1. The number of anilines is 1. The number of nitrogens with zero attached hydrogens (tertiary/aromatic N) is 3. The largest absolute Gasteiger partial charge is 0.326 e. The second-order valence-electron chi connectivity index (χ2n) is 9.08. The molecule has 5 rings (SSSR count). The third-order valence-electron chi connectivity index (χ3n) is 6.30. The van der Waals surface area contributed by atoms with Gasteiger partial charge in [-0.1, -0.05) is 71.4 Å². The minimum Gasteiger partial charge on any atom is -0.326 e. The van der Waals surface area contributed by atoms with Crippen LogP contribution in [0.3, 0.4) is 0 Å². The number of aliphatic imine (C=N–C) groups is 1. The number of hydrogen-bond acceptors (Lipinski definition) is 5. The number of thioether (sulfide) groups is 1. The summed E-state index contributed by atoms with van der Waals surface area (Å²) in [4.78, 5) is 29.7. The average molecular weight is 535 g/mol. The summed E-state index contributed by atoms with van der Waals surface area (Å²) < 4.78 is 13.5. The maximum absolute atomic E-state index is 13.5. The van der Waals surface area contributed by atoms with Crippen LogP contribution in [0.5, 0.6) is 0 Å². The van der Waals surface area contributed by atoms with E-state index < -0.39 is 5.25 Å². The Morgan fingerprint density at radius 1 is 1.11 bits per heavy atom. The van der Waals surface area contributed by atoms with Crippen molar-refractivity contribution in [3.63, 3.8) is 0 Å². The molecule has 0 saturated heterocycles. The van der Waals surface area contributed by atoms with Gasteiger partial charge in [-0.25, -0.2) is 9.40 Å². The summed E-state index contributed by atoms with van der Waals surface area (Å²) in [5.74, 6) is -0.982. The van der Waals surface area contributed by atoms with E-state index in [4.69, 9.17) is 16.7 Å². The second-order valence-corrected chi connectivity index (χ2v) is 10.7. The second kappa shape index (κ2) is 10.5. The summed E-state index contributed by atoms with van der Waals surface area (Å²) >= 11 is 7.39. The molecule has 6 nitrogen and oxygen atoms in total. The van der Waals surface area contributed by atoms with E-state index in [1.165, 1.54) is 23.9 Å². The molecule has 0 radical (unpaired) electrons. The third-order valence-corrected chi connectivity index (χ3v) is 7.85. The van der Waals surface area contributed by atoms with Crippen molar-refractivity contribution in [2.24, 2.45) is 10.1 Å². The summed E-state index contributed by atoms with van der Waals surface area (Å²) in [6.45, 7) is 3.90. The number of aryl methyl sites for hydroxylation is 2. The normalized spacial score (nSPS) is 19.1. The lowest BCUT2D eigenvalue weighted by atomic mass is 9.98. The lowest BCUT2D eigenvalue weighted by molar-refractivity contribution is -0.121. The van der Waals surface area contributed by atoms with Crippen molar-refractivity contribution in [3.8, 4) is 0 Å². The van der Waals surface area contributed by atoms with Gasteiger partial charge in [0, 0.05) is 23.6 Å². The monoisotopic (exact) mass is 534 g/mol. The molecule has 0 unspecified atom stereocenters. The highest BCUT2D eigenvalue weighted by atomic mass is 35.5. The van der Waals surface area contributed by atoms with Crippen LogP contribution in [-0.2, 0) is 9.59 Å². The van der Waals surface area contributed by atoms with Gasteiger partial charge < -0.3 is 5.32 Å². The van der Waals surface area contributed by atoms with Gasteiger partial charge in [-0.2, -0.15) is 10.1 Å². The van der Waals surface area contributed by atoms with Crippen LogP contribution < -0.4 is 5.32 Å². The highest BCUT2D eigenvalue weighted by Crippen LogP contribution is 2.38. The van der Waals surface area contributed by atoms with E-state index in [9.17, 15) is 14.0 Å². The van der Waals surface area contributed by atoms with Crippen molar-refractivity contribution >= 4 is 51.7 Å². The number of halogens is 2. The smallest absolute Gasteiger partial charge is 0.262 e. The van der Waals surface area contributed by atoms with Gasteiger partial charge in [-0.3, -0.25) is 9.59 Å². The number of hydrazone groups is 1. The topological polar surface area (TPSA) is 74.1 Å². The Bertz CT molecular complexity index is 1420. The summed E-state index contributed by atoms with van der Waals surface area (Å²) in [5.41, 5.74) is 5.23. The standard InChI is InChI=1S/C28H24ClFN4O2S/c1-16-3-6-19(7-4-16)24-14-23(18-8-10-20(30)11-9-18)33-34(24)28-32-27(36)25(37-28)15-26(35)31-21-12-5-17(2)22(29)13-21/h3-13,24-25H,14-15H2,1-2H3,(H,31,35)/t24-,25-/m0/s1. The van der Waals surface area contributed by atoms with E-state index in [1.54, 1.807) is 29.3 Å². The molecule has 1 N–H and O–H groups in total. The molecule has 0 bridgehead atoms.